The number of carbonyl (C=O) groups excluding carboxylic acids is 2. The molecule has 6 heteroatoms. The normalized spacial score (nSPS) is 14.8. The van der Waals surface area contributed by atoms with Gasteiger partial charge in [-0.15, -0.1) is 0 Å². The predicted octanol–water partition coefficient (Wildman–Crippen LogP) is 3.59. The molecule has 2 aromatic rings. The molecule has 0 saturated carbocycles. The summed E-state index contributed by atoms with van der Waals surface area (Å²) in [5.41, 5.74) is 4.77. The van der Waals surface area contributed by atoms with Gasteiger partial charge in [0.05, 0.1) is 0 Å². The largest absolute Gasteiger partial charge is 0.334 e. The van der Waals surface area contributed by atoms with Gasteiger partial charge in [0.15, 0.2) is 0 Å². The summed E-state index contributed by atoms with van der Waals surface area (Å²) in [5.74, 6) is 0.471. The van der Waals surface area contributed by atoms with E-state index in [1.54, 1.807) is 12.4 Å². The zero-order valence-electron chi connectivity index (χ0n) is 16.8. The monoisotopic (exact) mass is 392 g/mol. The molecule has 0 unspecified atom stereocenters. The summed E-state index contributed by atoms with van der Waals surface area (Å²) >= 11 is 0. The fourth-order valence-electron chi connectivity index (χ4n) is 4.19. The lowest BCUT2D eigenvalue weighted by Crippen LogP contribution is -2.25. The second-order valence-electron chi connectivity index (χ2n) is 8.06. The molecule has 0 radical (unpaired) electrons. The van der Waals surface area contributed by atoms with E-state index in [2.05, 4.69) is 9.97 Å². The molecule has 29 heavy (non-hydrogen) atoms. The summed E-state index contributed by atoms with van der Waals surface area (Å²) in [6.07, 6.45) is 13.5. The molecule has 0 saturated heterocycles. The van der Waals surface area contributed by atoms with Crippen LogP contribution in [0, 0.1) is 0 Å². The summed E-state index contributed by atoms with van der Waals surface area (Å²) in [6.45, 7) is 2.82. The van der Waals surface area contributed by atoms with Crippen molar-refractivity contribution in [2.45, 2.75) is 71.1 Å². The fourth-order valence-corrected chi connectivity index (χ4v) is 4.19. The van der Waals surface area contributed by atoms with E-state index in [0.29, 0.717) is 25.9 Å². The van der Waals surface area contributed by atoms with Crippen molar-refractivity contribution >= 4 is 11.8 Å². The number of nitrogens with zero attached hydrogens (tertiary/aromatic N) is 4. The first-order chi connectivity index (χ1) is 14.2. The molecule has 6 nitrogen and oxygen atoms in total. The van der Waals surface area contributed by atoms with Crippen LogP contribution in [-0.4, -0.2) is 31.6 Å². The molecule has 2 aliphatic heterocycles. The highest BCUT2D eigenvalue weighted by atomic mass is 16.2. The molecule has 4 heterocycles. The van der Waals surface area contributed by atoms with Crippen molar-refractivity contribution < 1.29 is 9.59 Å². The lowest BCUT2D eigenvalue weighted by molar-refractivity contribution is -0.132. The van der Waals surface area contributed by atoms with Crippen LogP contribution in [0.1, 0.15) is 67.2 Å². The Kier molecular flexibility index (Phi) is 6.17. The topological polar surface area (TPSA) is 66.4 Å². The van der Waals surface area contributed by atoms with Gasteiger partial charge in [0.25, 0.3) is 0 Å². The molecule has 0 aliphatic carbocycles. The van der Waals surface area contributed by atoms with Crippen LogP contribution in [0.2, 0.25) is 0 Å². The molecule has 0 aromatic carbocycles. The maximum Gasteiger partial charge on any atom is 0.223 e. The third-order valence-electron chi connectivity index (χ3n) is 5.94. The molecule has 0 bridgehead atoms. The summed E-state index contributed by atoms with van der Waals surface area (Å²) in [6, 6.07) is 4.00. The fraction of sp³-hybridized carbons (Fsp3) is 0.478. The molecule has 0 atom stereocenters. The summed E-state index contributed by atoms with van der Waals surface area (Å²) in [5, 5.41) is 0. The third kappa shape index (κ3) is 4.81. The van der Waals surface area contributed by atoms with E-state index in [-0.39, 0.29) is 11.8 Å². The number of hydrogen-bond donors (Lipinski definition) is 0. The lowest BCUT2D eigenvalue weighted by atomic mass is 10.1. The number of pyridine rings is 2. The molecule has 152 valence electrons. The Morgan fingerprint density at radius 2 is 1.07 bits per heavy atom. The average Bonchev–Trinajstić information content (AvgIpc) is 3.37. The van der Waals surface area contributed by atoms with E-state index in [4.69, 9.17) is 0 Å². The zero-order valence-corrected chi connectivity index (χ0v) is 16.8. The van der Waals surface area contributed by atoms with Crippen molar-refractivity contribution in [2.24, 2.45) is 0 Å². The van der Waals surface area contributed by atoms with E-state index in [1.165, 1.54) is 22.3 Å². The Morgan fingerprint density at radius 3 is 1.52 bits per heavy atom. The molecule has 0 spiro atoms. The van der Waals surface area contributed by atoms with E-state index in [9.17, 15) is 9.59 Å². The highest BCUT2D eigenvalue weighted by molar-refractivity contribution is 5.77. The zero-order chi connectivity index (χ0) is 20.1. The number of aromatic nitrogens is 2. The van der Waals surface area contributed by atoms with Gasteiger partial charge in [0.1, 0.15) is 0 Å². The first-order valence-electron chi connectivity index (χ1n) is 10.6. The minimum Gasteiger partial charge on any atom is -0.334 e. The van der Waals surface area contributed by atoms with Crippen molar-refractivity contribution in [2.75, 3.05) is 0 Å². The van der Waals surface area contributed by atoms with Gasteiger partial charge in [0, 0.05) is 63.8 Å². The van der Waals surface area contributed by atoms with Crippen LogP contribution >= 0.6 is 0 Å². The van der Waals surface area contributed by atoms with Gasteiger partial charge in [-0.25, -0.2) is 0 Å². The van der Waals surface area contributed by atoms with Crippen LogP contribution in [0.5, 0.6) is 0 Å². The lowest BCUT2D eigenvalue weighted by Gasteiger charge is -2.15. The van der Waals surface area contributed by atoms with E-state index in [1.807, 2.05) is 34.3 Å². The molecule has 4 rings (SSSR count). The van der Waals surface area contributed by atoms with Crippen molar-refractivity contribution in [3.63, 3.8) is 0 Å². The number of carbonyl (C=O) groups is 2. The smallest absolute Gasteiger partial charge is 0.223 e. The summed E-state index contributed by atoms with van der Waals surface area (Å²) in [4.78, 5) is 36.9. The van der Waals surface area contributed by atoms with Gasteiger partial charge < -0.3 is 9.80 Å². The molecule has 0 fully saturated rings. The molecular weight excluding hydrogens is 364 g/mol. The van der Waals surface area contributed by atoms with Gasteiger partial charge in [0.2, 0.25) is 11.8 Å². The number of amides is 2. The van der Waals surface area contributed by atoms with Gasteiger partial charge in [-0.3, -0.25) is 19.6 Å². The Bertz CT molecular complexity index is 761. The standard InChI is InChI=1S/C23H28N4O2/c28-22(26-14-18-8-10-24-12-20(18)16-26)6-4-2-1-3-5-7-23(29)27-15-19-9-11-25-13-21(19)17-27/h8-13H,1-7,14-17H2. The molecular formula is C23H28N4O2. The molecule has 2 aromatic heterocycles. The van der Waals surface area contributed by atoms with Gasteiger partial charge in [-0.05, 0) is 47.2 Å². The summed E-state index contributed by atoms with van der Waals surface area (Å²) < 4.78 is 0. The van der Waals surface area contributed by atoms with Crippen LogP contribution in [0.15, 0.2) is 36.9 Å². The van der Waals surface area contributed by atoms with Crippen LogP contribution in [0.4, 0.5) is 0 Å². The highest BCUT2D eigenvalue weighted by Gasteiger charge is 2.23. The third-order valence-corrected chi connectivity index (χ3v) is 5.94. The summed E-state index contributed by atoms with van der Waals surface area (Å²) in [7, 11) is 0. The quantitative estimate of drug-likeness (QED) is 0.644. The van der Waals surface area contributed by atoms with Crippen LogP contribution in [0.25, 0.3) is 0 Å². The SMILES string of the molecule is O=C(CCCCCCCC(=O)N1Cc2ccncc2C1)N1Cc2ccncc2C1. The van der Waals surface area contributed by atoms with E-state index < -0.39 is 0 Å². The van der Waals surface area contributed by atoms with Crippen molar-refractivity contribution in [3.8, 4) is 0 Å². The number of hydrogen-bond acceptors (Lipinski definition) is 4. The predicted molar refractivity (Wildman–Crippen MR) is 109 cm³/mol. The molecule has 2 amide bonds. The minimum absolute atomic E-state index is 0.236. The highest BCUT2D eigenvalue weighted by Crippen LogP contribution is 2.24. The number of rotatable bonds is 8. The Hall–Kier alpha value is -2.76. The second-order valence-corrected chi connectivity index (χ2v) is 8.06. The van der Waals surface area contributed by atoms with Crippen molar-refractivity contribution in [3.05, 3.63) is 59.2 Å². The maximum atomic E-state index is 12.4. The second kappa shape index (κ2) is 9.16. The number of fused-ring (bicyclic) bond motifs is 2. The van der Waals surface area contributed by atoms with Crippen molar-refractivity contribution in [1.29, 1.82) is 0 Å². The average molecular weight is 393 g/mol. The maximum absolute atomic E-state index is 12.4. The minimum atomic E-state index is 0.236. The van der Waals surface area contributed by atoms with Crippen LogP contribution < -0.4 is 0 Å². The number of unbranched alkanes of at least 4 members (excludes halogenated alkanes) is 4. The Morgan fingerprint density at radius 1 is 0.655 bits per heavy atom. The van der Waals surface area contributed by atoms with E-state index >= 15 is 0 Å². The Balaban J connectivity index is 1.06. The van der Waals surface area contributed by atoms with Crippen LogP contribution in [0.3, 0.4) is 0 Å². The first kappa shape index (κ1) is 19.6. The van der Waals surface area contributed by atoms with E-state index in [0.717, 1.165) is 45.2 Å². The first-order valence-corrected chi connectivity index (χ1v) is 10.6. The van der Waals surface area contributed by atoms with Gasteiger partial charge in [-0.1, -0.05) is 19.3 Å². The molecule has 0 N–H and O–H groups in total. The van der Waals surface area contributed by atoms with Gasteiger partial charge in [-0.2, -0.15) is 0 Å². The Labute approximate surface area is 172 Å². The van der Waals surface area contributed by atoms with Gasteiger partial charge >= 0.3 is 0 Å². The van der Waals surface area contributed by atoms with Crippen LogP contribution in [-0.2, 0) is 35.8 Å². The van der Waals surface area contributed by atoms with Crippen molar-refractivity contribution in [1.82, 2.24) is 19.8 Å². The molecule has 2 aliphatic rings.